The zero-order chi connectivity index (χ0) is 7.84. The third kappa shape index (κ3) is 0.886. The minimum absolute atomic E-state index is 0.614. The van der Waals surface area contributed by atoms with Gasteiger partial charge in [0.05, 0.1) is 16.7 Å². The predicted molar refractivity (Wildman–Crippen MR) is 43.6 cm³/mol. The van der Waals surface area contributed by atoms with Gasteiger partial charge in [-0.15, -0.1) is 0 Å². The SMILES string of the molecule is Cc1ncc(Cl)c2[nH]ncc12. The van der Waals surface area contributed by atoms with Crippen LogP contribution in [0, 0.1) is 6.92 Å². The van der Waals surface area contributed by atoms with Crippen molar-refractivity contribution in [3.8, 4) is 0 Å². The Morgan fingerprint density at radius 1 is 1.45 bits per heavy atom. The molecule has 0 saturated carbocycles. The summed E-state index contributed by atoms with van der Waals surface area (Å²) in [5.74, 6) is 0. The standard InChI is InChI=1S/C7H6ClN3/c1-4-5-2-10-11-7(5)6(8)3-9-4/h2-3H,1H3,(H,10,11). The Morgan fingerprint density at radius 3 is 3.00 bits per heavy atom. The molecule has 0 amide bonds. The second-order valence-corrected chi connectivity index (χ2v) is 2.76. The fourth-order valence-corrected chi connectivity index (χ4v) is 1.22. The van der Waals surface area contributed by atoms with Crippen LogP contribution >= 0.6 is 11.6 Å². The highest BCUT2D eigenvalue weighted by Gasteiger charge is 2.03. The molecule has 0 aliphatic rings. The van der Waals surface area contributed by atoms with E-state index in [4.69, 9.17) is 11.6 Å². The van der Waals surface area contributed by atoms with Crippen LogP contribution in [0.5, 0.6) is 0 Å². The van der Waals surface area contributed by atoms with Crippen molar-refractivity contribution >= 4 is 22.5 Å². The molecule has 0 unspecified atom stereocenters. The van der Waals surface area contributed by atoms with Crippen molar-refractivity contribution in [3.63, 3.8) is 0 Å². The lowest BCUT2D eigenvalue weighted by Crippen LogP contribution is -1.81. The van der Waals surface area contributed by atoms with E-state index < -0.39 is 0 Å². The number of rotatable bonds is 0. The highest BCUT2D eigenvalue weighted by molar-refractivity contribution is 6.34. The molecule has 0 aliphatic carbocycles. The van der Waals surface area contributed by atoms with E-state index in [1.54, 1.807) is 12.4 Å². The predicted octanol–water partition coefficient (Wildman–Crippen LogP) is 1.92. The molecule has 0 aromatic carbocycles. The van der Waals surface area contributed by atoms with E-state index in [9.17, 15) is 0 Å². The number of aromatic nitrogens is 3. The lowest BCUT2D eigenvalue weighted by Gasteiger charge is -1.94. The Hall–Kier alpha value is -1.09. The lowest BCUT2D eigenvalue weighted by molar-refractivity contribution is 1.12. The molecular formula is C7H6ClN3. The summed E-state index contributed by atoms with van der Waals surface area (Å²) >= 11 is 5.84. The third-order valence-corrected chi connectivity index (χ3v) is 1.93. The van der Waals surface area contributed by atoms with E-state index in [0.717, 1.165) is 16.6 Å². The maximum absolute atomic E-state index is 5.84. The van der Waals surface area contributed by atoms with Gasteiger partial charge in [0, 0.05) is 17.3 Å². The number of aromatic amines is 1. The first kappa shape index (κ1) is 6.61. The van der Waals surface area contributed by atoms with Gasteiger partial charge in [-0.25, -0.2) is 0 Å². The molecule has 56 valence electrons. The summed E-state index contributed by atoms with van der Waals surface area (Å²) in [6, 6.07) is 0. The van der Waals surface area contributed by atoms with Crippen molar-refractivity contribution in [3.05, 3.63) is 23.1 Å². The number of nitrogens with one attached hydrogen (secondary N) is 1. The molecule has 0 aliphatic heterocycles. The molecule has 0 bridgehead atoms. The van der Waals surface area contributed by atoms with Gasteiger partial charge in [-0.1, -0.05) is 11.6 Å². The quantitative estimate of drug-likeness (QED) is 0.652. The topological polar surface area (TPSA) is 41.6 Å². The van der Waals surface area contributed by atoms with Crippen LogP contribution < -0.4 is 0 Å². The van der Waals surface area contributed by atoms with Gasteiger partial charge in [-0.3, -0.25) is 10.1 Å². The Labute approximate surface area is 68.4 Å². The minimum Gasteiger partial charge on any atom is -0.276 e. The van der Waals surface area contributed by atoms with Crippen LogP contribution in [-0.2, 0) is 0 Å². The summed E-state index contributed by atoms with van der Waals surface area (Å²) in [5.41, 5.74) is 1.80. The molecule has 0 fully saturated rings. The molecular weight excluding hydrogens is 162 g/mol. The summed E-state index contributed by atoms with van der Waals surface area (Å²) in [6.45, 7) is 1.92. The molecule has 0 saturated heterocycles. The highest BCUT2D eigenvalue weighted by atomic mass is 35.5. The fourth-order valence-electron chi connectivity index (χ4n) is 1.03. The van der Waals surface area contributed by atoms with Gasteiger partial charge < -0.3 is 0 Å². The summed E-state index contributed by atoms with van der Waals surface area (Å²) in [5, 5.41) is 8.28. The highest BCUT2D eigenvalue weighted by Crippen LogP contribution is 2.21. The molecule has 2 aromatic heterocycles. The molecule has 4 heteroatoms. The average molecular weight is 168 g/mol. The Kier molecular flexibility index (Phi) is 1.32. The van der Waals surface area contributed by atoms with E-state index in [0.29, 0.717) is 5.02 Å². The Bertz CT molecular complexity index is 357. The Balaban J connectivity index is 2.96. The van der Waals surface area contributed by atoms with Crippen LogP contribution in [0.1, 0.15) is 5.69 Å². The van der Waals surface area contributed by atoms with Crippen molar-refractivity contribution in [1.29, 1.82) is 0 Å². The molecule has 0 radical (unpaired) electrons. The van der Waals surface area contributed by atoms with Crippen LogP contribution in [0.3, 0.4) is 0 Å². The van der Waals surface area contributed by atoms with Crippen LogP contribution in [-0.4, -0.2) is 15.2 Å². The number of fused-ring (bicyclic) bond motifs is 1. The lowest BCUT2D eigenvalue weighted by atomic mass is 10.2. The molecule has 0 spiro atoms. The Morgan fingerprint density at radius 2 is 2.27 bits per heavy atom. The normalized spacial score (nSPS) is 10.7. The van der Waals surface area contributed by atoms with Crippen molar-refractivity contribution in [1.82, 2.24) is 15.2 Å². The first-order valence-electron chi connectivity index (χ1n) is 3.23. The number of aryl methyl sites for hydroxylation is 1. The number of pyridine rings is 1. The van der Waals surface area contributed by atoms with Gasteiger partial charge in [0.1, 0.15) is 0 Å². The van der Waals surface area contributed by atoms with Crippen LogP contribution in [0.15, 0.2) is 12.4 Å². The van der Waals surface area contributed by atoms with E-state index in [2.05, 4.69) is 15.2 Å². The molecule has 3 nitrogen and oxygen atoms in total. The number of H-pyrrole nitrogens is 1. The zero-order valence-corrected chi connectivity index (χ0v) is 6.68. The fraction of sp³-hybridized carbons (Fsp3) is 0.143. The van der Waals surface area contributed by atoms with Gasteiger partial charge in [0.25, 0.3) is 0 Å². The second-order valence-electron chi connectivity index (χ2n) is 2.35. The number of halogens is 1. The van der Waals surface area contributed by atoms with Crippen molar-refractivity contribution in [2.24, 2.45) is 0 Å². The van der Waals surface area contributed by atoms with Gasteiger partial charge in [0.15, 0.2) is 0 Å². The average Bonchev–Trinajstić information content (AvgIpc) is 2.45. The van der Waals surface area contributed by atoms with Crippen molar-refractivity contribution in [2.45, 2.75) is 6.92 Å². The largest absolute Gasteiger partial charge is 0.276 e. The van der Waals surface area contributed by atoms with Crippen LogP contribution in [0.25, 0.3) is 10.9 Å². The molecule has 2 heterocycles. The molecule has 2 aromatic rings. The maximum atomic E-state index is 5.84. The van der Waals surface area contributed by atoms with E-state index in [1.807, 2.05) is 6.92 Å². The number of nitrogens with zero attached hydrogens (tertiary/aromatic N) is 2. The van der Waals surface area contributed by atoms with Crippen LogP contribution in [0.4, 0.5) is 0 Å². The number of hydrogen-bond acceptors (Lipinski definition) is 2. The van der Waals surface area contributed by atoms with E-state index in [1.165, 1.54) is 0 Å². The maximum Gasteiger partial charge on any atom is 0.0870 e. The van der Waals surface area contributed by atoms with E-state index >= 15 is 0 Å². The van der Waals surface area contributed by atoms with Gasteiger partial charge in [-0.05, 0) is 6.92 Å². The third-order valence-electron chi connectivity index (χ3n) is 1.64. The summed E-state index contributed by atoms with van der Waals surface area (Å²) < 4.78 is 0. The summed E-state index contributed by atoms with van der Waals surface area (Å²) in [4.78, 5) is 4.09. The summed E-state index contributed by atoms with van der Waals surface area (Å²) in [7, 11) is 0. The molecule has 0 atom stereocenters. The van der Waals surface area contributed by atoms with Gasteiger partial charge >= 0.3 is 0 Å². The van der Waals surface area contributed by atoms with Gasteiger partial charge in [-0.2, -0.15) is 5.10 Å². The molecule has 11 heavy (non-hydrogen) atoms. The zero-order valence-electron chi connectivity index (χ0n) is 5.93. The van der Waals surface area contributed by atoms with Crippen molar-refractivity contribution < 1.29 is 0 Å². The van der Waals surface area contributed by atoms with Crippen molar-refractivity contribution in [2.75, 3.05) is 0 Å². The smallest absolute Gasteiger partial charge is 0.0870 e. The monoisotopic (exact) mass is 167 g/mol. The van der Waals surface area contributed by atoms with Gasteiger partial charge in [0.2, 0.25) is 0 Å². The molecule has 2 rings (SSSR count). The van der Waals surface area contributed by atoms with Crippen LogP contribution in [0.2, 0.25) is 5.02 Å². The second kappa shape index (κ2) is 2.20. The number of hydrogen-bond donors (Lipinski definition) is 1. The van der Waals surface area contributed by atoms with E-state index in [-0.39, 0.29) is 0 Å². The molecule has 1 N–H and O–H groups in total. The minimum atomic E-state index is 0.614. The first-order chi connectivity index (χ1) is 5.29. The first-order valence-corrected chi connectivity index (χ1v) is 3.61. The summed E-state index contributed by atoms with van der Waals surface area (Å²) in [6.07, 6.45) is 3.35.